The number of carbonyl (C=O) groups is 1. The average molecular weight is 260 g/mol. The van der Waals surface area contributed by atoms with Gasteiger partial charge >= 0.3 is 0 Å². The Labute approximate surface area is 111 Å². The van der Waals surface area contributed by atoms with Gasteiger partial charge in [-0.05, 0) is 31.5 Å². The fraction of sp³-hybridized carbons (Fsp3) is 0.286. The number of aromatic nitrogens is 1. The number of hydrogen-bond donors (Lipinski definition) is 1. The van der Waals surface area contributed by atoms with Gasteiger partial charge in [0.15, 0.2) is 5.76 Å². The maximum absolute atomic E-state index is 12.2. The molecule has 2 rings (SSSR count). The molecular weight excluding hydrogens is 244 g/mol. The Kier molecular flexibility index (Phi) is 3.97. The van der Waals surface area contributed by atoms with Crippen LogP contribution in [0.5, 0.6) is 0 Å². The number of rotatable bonds is 4. The summed E-state index contributed by atoms with van der Waals surface area (Å²) in [6.07, 6.45) is 0. The van der Waals surface area contributed by atoms with Crippen molar-refractivity contribution in [2.75, 3.05) is 12.4 Å². The van der Waals surface area contributed by atoms with Crippen molar-refractivity contribution in [3.05, 3.63) is 46.8 Å². The largest absolute Gasteiger partial charge is 0.380 e. The Balaban J connectivity index is 2.18. The van der Waals surface area contributed by atoms with Gasteiger partial charge in [-0.1, -0.05) is 17.3 Å². The van der Waals surface area contributed by atoms with Crippen LogP contribution in [-0.4, -0.2) is 18.2 Å². The number of benzene rings is 1. The van der Waals surface area contributed by atoms with E-state index in [-0.39, 0.29) is 5.91 Å². The molecule has 0 saturated heterocycles. The highest BCUT2D eigenvalue weighted by atomic mass is 16.5. The molecule has 0 spiro atoms. The standard InChI is InChI=1S/C14H16N2O3/c1-9-13(10(2)19-16-9)15-14(17)12-6-4-5-11(7-12)8-18-3/h4-7H,8H2,1-3H3,(H,15,17). The van der Waals surface area contributed by atoms with Crippen LogP contribution in [0.4, 0.5) is 5.69 Å². The molecule has 0 atom stereocenters. The van der Waals surface area contributed by atoms with Gasteiger partial charge in [-0.25, -0.2) is 0 Å². The lowest BCUT2D eigenvalue weighted by molar-refractivity contribution is 0.102. The molecule has 1 heterocycles. The summed E-state index contributed by atoms with van der Waals surface area (Å²) in [5.41, 5.74) is 2.82. The van der Waals surface area contributed by atoms with Crippen molar-refractivity contribution in [2.45, 2.75) is 20.5 Å². The first-order valence-electron chi connectivity index (χ1n) is 5.94. The van der Waals surface area contributed by atoms with E-state index < -0.39 is 0 Å². The lowest BCUT2D eigenvalue weighted by Gasteiger charge is -2.06. The van der Waals surface area contributed by atoms with Crippen LogP contribution in [0.15, 0.2) is 28.8 Å². The van der Waals surface area contributed by atoms with Crippen molar-refractivity contribution in [3.63, 3.8) is 0 Å². The van der Waals surface area contributed by atoms with Crippen LogP contribution in [0.3, 0.4) is 0 Å². The first kappa shape index (κ1) is 13.3. The minimum Gasteiger partial charge on any atom is -0.380 e. The Bertz CT molecular complexity index is 571. The van der Waals surface area contributed by atoms with Gasteiger partial charge in [0, 0.05) is 12.7 Å². The van der Waals surface area contributed by atoms with Gasteiger partial charge < -0.3 is 14.6 Å². The third-order valence-corrected chi connectivity index (χ3v) is 2.77. The zero-order valence-corrected chi connectivity index (χ0v) is 11.2. The van der Waals surface area contributed by atoms with Crippen molar-refractivity contribution in [1.82, 2.24) is 5.16 Å². The van der Waals surface area contributed by atoms with Crippen molar-refractivity contribution < 1.29 is 14.1 Å². The molecule has 0 aliphatic carbocycles. The SMILES string of the molecule is COCc1cccc(C(=O)Nc2c(C)noc2C)c1. The second-order valence-corrected chi connectivity index (χ2v) is 4.29. The fourth-order valence-electron chi connectivity index (χ4n) is 1.82. The number of carbonyl (C=O) groups excluding carboxylic acids is 1. The van der Waals surface area contributed by atoms with Crippen LogP contribution < -0.4 is 5.32 Å². The van der Waals surface area contributed by atoms with Gasteiger partial charge in [0.1, 0.15) is 11.4 Å². The summed E-state index contributed by atoms with van der Waals surface area (Å²) in [5, 5.41) is 6.61. The average Bonchev–Trinajstić information content (AvgIpc) is 2.71. The van der Waals surface area contributed by atoms with Crippen LogP contribution in [-0.2, 0) is 11.3 Å². The summed E-state index contributed by atoms with van der Waals surface area (Å²) < 4.78 is 10.1. The molecule has 0 bridgehead atoms. The molecule has 0 fully saturated rings. The Morgan fingerprint density at radius 3 is 2.84 bits per heavy atom. The molecule has 5 heteroatoms. The summed E-state index contributed by atoms with van der Waals surface area (Å²) in [5.74, 6) is 0.409. The van der Waals surface area contributed by atoms with Crippen molar-refractivity contribution in [3.8, 4) is 0 Å². The molecule has 0 radical (unpaired) electrons. The van der Waals surface area contributed by atoms with Gasteiger partial charge in [0.25, 0.3) is 5.91 Å². The molecule has 2 aromatic rings. The summed E-state index contributed by atoms with van der Waals surface area (Å²) in [6, 6.07) is 7.30. The van der Waals surface area contributed by atoms with Gasteiger partial charge in [-0.2, -0.15) is 0 Å². The molecule has 0 aliphatic heterocycles. The predicted molar refractivity (Wildman–Crippen MR) is 71.1 cm³/mol. The summed E-state index contributed by atoms with van der Waals surface area (Å²) in [6.45, 7) is 4.02. The first-order chi connectivity index (χ1) is 9.11. The molecule has 1 N–H and O–H groups in total. The second kappa shape index (κ2) is 5.67. The van der Waals surface area contributed by atoms with E-state index in [2.05, 4.69) is 10.5 Å². The number of anilines is 1. The van der Waals surface area contributed by atoms with Gasteiger partial charge in [-0.15, -0.1) is 0 Å². The highest BCUT2D eigenvalue weighted by Crippen LogP contribution is 2.19. The fourth-order valence-corrected chi connectivity index (χ4v) is 1.82. The first-order valence-corrected chi connectivity index (χ1v) is 5.94. The number of amides is 1. The molecule has 0 aliphatic rings. The third-order valence-electron chi connectivity index (χ3n) is 2.77. The van der Waals surface area contributed by atoms with Gasteiger partial charge in [0.05, 0.1) is 6.61 Å². The molecule has 1 aromatic heterocycles. The van der Waals surface area contributed by atoms with E-state index in [1.54, 1.807) is 33.1 Å². The zero-order valence-electron chi connectivity index (χ0n) is 11.2. The molecule has 1 aromatic carbocycles. The topological polar surface area (TPSA) is 64.4 Å². The van der Waals surface area contributed by atoms with Gasteiger partial charge in [-0.3, -0.25) is 4.79 Å². The van der Waals surface area contributed by atoms with Crippen LogP contribution in [0.25, 0.3) is 0 Å². The number of aryl methyl sites for hydroxylation is 2. The Morgan fingerprint density at radius 2 is 2.21 bits per heavy atom. The smallest absolute Gasteiger partial charge is 0.255 e. The normalized spacial score (nSPS) is 10.5. The monoisotopic (exact) mass is 260 g/mol. The van der Waals surface area contributed by atoms with Crippen LogP contribution in [0.1, 0.15) is 27.4 Å². The van der Waals surface area contributed by atoms with Crippen molar-refractivity contribution in [2.24, 2.45) is 0 Å². The Morgan fingerprint density at radius 1 is 1.42 bits per heavy atom. The summed E-state index contributed by atoms with van der Waals surface area (Å²) in [7, 11) is 1.62. The molecule has 100 valence electrons. The van der Waals surface area contributed by atoms with E-state index in [1.807, 2.05) is 12.1 Å². The number of methoxy groups -OCH3 is 1. The van der Waals surface area contributed by atoms with Crippen LogP contribution in [0.2, 0.25) is 0 Å². The predicted octanol–water partition coefficient (Wildman–Crippen LogP) is 2.69. The number of nitrogens with one attached hydrogen (secondary N) is 1. The molecule has 5 nitrogen and oxygen atoms in total. The van der Waals surface area contributed by atoms with E-state index in [1.165, 1.54) is 0 Å². The molecule has 19 heavy (non-hydrogen) atoms. The minimum absolute atomic E-state index is 0.188. The molecule has 1 amide bonds. The van der Waals surface area contributed by atoms with Crippen LogP contribution in [0, 0.1) is 13.8 Å². The van der Waals surface area contributed by atoms with E-state index in [0.29, 0.717) is 29.3 Å². The highest BCUT2D eigenvalue weighted by Gasteiger charge is 2.13. The summed E-state index contributed by atoms with van der Waals surface area (Å²) >= 11 is 0. The van der Waals surface area contributed by atoms with Crippen molar-refractivity contribution in [1.29, 1.82) is 0 Å². The lowest BCUT2D eigenvalue weighted by Crippen LogP contribution is -2.13. The highest BCUT2D eigenvalue weighted by molar-refractivity contribution is 6.04. The number of hydrogen-bond acceptors (Lipinski definition) is 4. The van der Waals surface area contributed by atoms with Gasteiger partial charge in [0.2, 0.25) is 0 Å². The van der Waals surface area contributed by atoms with E-state index in [4.69, 9.17) is 9.26 Å². The van der Waals surface area contributed by atoms with Crippen molar-refractivity contribution >= 4 is 11.6 Å². The molecule has 0 unspecified atom stereocenters. The number of nitrogens with zero attached hydrogens (tertiary/aromatic N) is 1. The van der Waals surface area contributed by atoms with E-state index in [0.717, 1.165) is 5.56 Å². The van der Waals surface area contributed by atoms with E-state index >= 15 is 0 Å². The maximum atomic E-state index is 12.2. The molecular formula is C14H16N2O3. The molecule has 0 saturated carbocycles. The second-order valence-electron chi connectivity index (χ2n) is 4.29. The minimum atomic E-state index is -0.188. The van der Waals surface area contributed by atoms with E-state index in [9.17, 15) is 4.79 Å². The quantitative estimate of drug-likeness (QED) is 0.918. The third kappa shape index (κ3) is 3.00. The number of ether oxygens (including phenoxy) is 1. The summed E-state index contributed by atoms with van der Waals surface area (Å²) in [4.78, 5) is 12.2. The van der Waals surface area contributed by atoms with Crippen LogP contribution >= 0.6 is 0 Å². The Hall–Kier alpha value is -2.14. The zero-order chi connectivity index (χ0) is 13.8. The maximum Gasteiger partial charge on any atom is 0.255 e. The lowest BCUT2D eigenvalue weighted by atomic mass is 10.1.